The van der Waals surface area contributed by atoms with Crippen LogP contribution in [0.15, 0.2) is 89.1 Å². The Bertz CT molecular complexity index is 1360. The third-order valence-electron chi connectivity index (χ3n) is 5.99. The monoisotopic (exact) mass is 482 g/mol. The molecule has 2 heterocycles. The number of anilines is 1. The van der Waals surface area contributed by atoms with Crippen molar-refractivity contribution in [3.8, 4) is 17.1 Å². The first-order chi connectivity index (χ1) is 17.0. The van der Waals surface area contributed by atoms with E-state index in [-0.39, 0.29) is 6.04 Å². The van der Waals surface area contributed by atoms with E-state index in [1.54, 1.807) is 0 Å². The van der Waals surface area contributed by atoms with Crippen LogP contribution >= 0.6 is 12.2 Å². The molecule has 0 bridgehead atoms. The number of allylic oxidation sites excluding steroid dienone is 1. The largest absolute Gasteiger partial charge is 0.494 e. The van der Waals surface area contributed by atoms with Crippen LogP contribution in [0.5, 0.6) is 5.75 Å². The summed E-state index contributed by atoms with van der Waals surface area (Å²) in [5.41, 5.74) is 5.87. The Morgan fingerprint density at radius 1 is 0.971 bits per heavy atom. The number of benzene rings is 3. The molecule has 7 heteroatoms. The maximum Gasteiger partial charge on any atom is 0.258 e. The van der Waals surface area contributed by atoms with E-state index in [0.29, 0.717) is 23.4 Å². The topological polar surface area (TPSA) is 63.4 Å². The van der Waals surface area contributed by atoms with Crippen molar-refractivity contribution < 1.29 is 9.26 Å². The average Bonchev–Trinajstić information content (AvgIpc) is 3.36. The van der Waals surface area contributed by atoms with Crippen LogP contribution in [-0.4, -0.2) is 21.9 Å². The predicted molar refractivity (Wildman–Crippen MR) is 142 cm³/mol. The highest BCUT2D eigenvalue weighted by Crippen LogP contribution is 2.39. The van der Waals surface area contributed by atoms with Crippen LogP contribution in [-0.2, 0) is 0 Å². The number of rotatable bonds is 6. The molecule has 0 spiro atoms. The molecule has 0 fully saturated rings. The number of aryl methyl sites for hydroxylation is 1. The van der Waals surface area contributed by atoms with Crippen LogP contribution in [0.3, 0.4) is 0 Å². The fourth-order valence-corrected chi connectivity index (χ4v) is 4.60. The van der Waals surface area contributed by atoms with Gasteiger partial charge < -0.3 is 14.6 Å². The first-order valence-electron chi connectivity index (χ1n) is 11.6. The molecule has 0 aliphatic carbocycles. The summed E-state index contributed by atoms with van der Waals surface area (Å²) in [5.74, 6) is 1.82. The first kappa shape index (κ1) is 22.8. The fourth-order valence-electron chi connectivity index (χ4n) is 4.24. The zero-order valence-electron chi connectivity index (χ0n) is 19.9. The van der Waals surface area contributed by atoms with Crippen molar-refractivity contribution in [1.29, 1.82) is 0 Å². The minimum absolute atomic E-state index is 0.260. The van der Waals surface area contributed by atoms with Gasteiger partial charge in [-0.2, -0.15) is 4.98 Å². The molecule has 1 aliphatic rings. The van der Waals surface area contributed by atoms with E-state index in [0.717, 1.165) is 33.8 Å². The summed E-state index contributed by atoms with van der Waals surface area (Å²) in [5, 5.41) is 8.39. The number of hydrogen-bond donors (Lipinski definition) is 1. The minimum Gasteiger partial charge on any atom is -0.494 e. The van der Waals surface area contributed by atoms with Gasteiger partial charge in [0.1, 0.15) is 5.75 Å². The quantitative estimate of drug-likeness (QED) is 0.323. The van der Waals surface area contributed by atoms with Gasteiger partial charge in [0, 0.05) is 16.9 Å². The van der Waals surface area contributed by atoms with Crippen molar-refractivity contribution >= 4 is 28.6 Å². The molecular weight excluding hydrogens is 456 g/mol. The lowest BCUT2D eigenvalue weighted by molar-refractivity contribution is 0.340. The molecule has 1 aromatic heterocycles. The molecule has 4 aromatic rings. The number of aromatic nitrogens is 2. The van der Waals surface area contributed by atoms with Crippen molar-refractivity contribution in [1.82, 2.24) is 15.5 Å². The van der Waals surface area contributed by atoms with Crippen molar-refractivity contribution in [2.24, 2.45) is 0 Å². The van der Waals surface area contributed by atoms with E-state index in [4.69, 9.17) is 26.5 Å². The number of hydrogen-bond acceptors (Lipinski definition) is 5. The molecule has 0 saturated heterocycles. The summed E-state index contributed by atoms with van der Waals surface area (Å²) in [6.07, 6.45) is 0. The van der Waals surface area contributed by atoms with E-state index in [9.17, 15) is 0 Å². The molecule has 35 heavy (non-hydrogen) atoms. The molecule has 6 nitrogen and oxygen atoms in total. The average molecular weight is 483 g/mol. The number of ether oxygens (including phenoxy) is 1. The third-order valence-corrected chi connectivity index (χ3v) is 6.29. The molecule has 0 amide bonds. The number of nitrogens with zero attached hydrogens (tertiary/aromatic N) is 3. The first-order valence-corrected chi connectivity index (χ1v) is 12.0. The lowest BCUT2D eigenvalue weighted by Gasteiger charge is -2.37. The summed E-state index contributed by atoms with van der Waals surface area (Å²) in [4.78, 5) is 6.79. The highest BCUT2D eigenvalue weighted by molar-refractivity contribution is 7.80. The van der Waals surface area contributed by atoms with Gasteiger partial charge in [-0.15, -0.1) is 0 Å². The van der Waals surface area contributed by atoms with Crippen LogP contribution in [0.2, 0.25) is 0 Å². The molecule has 1 atom stereocenters. The van der Waals surface area contributed by atoms with Gasteiger partial charge in [0.15, 0.2) is 5.11 Å². The highest BCUT2D eigenvalue weighted by Gasteiger charge is 2.34. The van der Waals surface area contributed by atoms with E-state index < -0.39 is 0 Å². The highest BCUT2D eigenvalue weighted by atomic mass is 32.1. The smallest absolute Gasteiger partial charge is 0.258 e. The number of thiocarbonyl (C=S) groups is 1. The van der Waals surface area contributed by atoms with Crippen LogP contribution in [0, 0.1) is 6.92 Å². The van der Waals surface area contributed by atoms with E-state index in [1.165, 1.54) is 5.56 Å². The van der Waals surface area contributed by atoms with Gasteiger partial charge in [-0.25, -0.2) is 0 Å². The summed E-state index contributed by atoms with van der Waals surface area (Å²) in [6.45, 7) is 6.69. The van der Waals surface area contributed by atoms with Crippen molar-refractivity contribution in [3.05, 3.63) is 102 Å². The van der Waals surface area contributed by atoms with Gasteiger partial charge in [0.25, 0.3) is 5.89 Å². The lowest BCUT2D eigenvalue weighted by Crippen LogP contribution is -2.46. The maximum absolute atomic E-state index is 5.84. The summed E-state index contributed by atoms with van der Waals surface area (Å²) >= 11 is 5.84. The lowest BCUT2D eigenvalue weighted by atomic mass is 9.94. The standard InChI is InChI=1S/C28H26N4O2S/c1-4-33-23-16-12-20(13-17-23)25-24(27-30-26(31-34-27)21-8-6-5-7-9-21)19(3)32(28(35)29-25)22-14-10-18(2)11-15-22/h5-17,25H,4H2,1-3H3,(H,29,35). The Labute approximate surface area is 210 Å². The van der Waals surface area contributed by atoms with Crippen LogP contribution in [0.4, 0.5) is 5.69 Å². The zero-order chi connectivity index (χ0) is 24.4. The van der Waals surface area contributed by atoms with E-state index >= 15 is 0 Å². The Kier molecular flexibility index (Phi) is 6.33. The number of nitrogens with one attached hydrogen (secondary N) is 1. The molecule has 1 N–H and O–H groups in total. The third kappa shape index (κ3) is 4.55. The molecule has 0 saturated carbocycles. The molecule has 0 radical (unpaired) electrons. The molecule has 1 unspecified atom stereocenters. The van der Waals surface area contributed by atoms with Crippen LogP contribution < -0.4 is 15.0 Å². The van der Waals surface area contributed by atoms with E-state index in [2.05, 4.69) is 41.7 Å². The molecule has 5 rings (SSSR count). The second-order valence-corrected chi connectivity index (χ2v) is 8.73. The Morgan fingerprint density at radius 3 is 2.37 bits per heavy atom. The predicted octanol–water partition coefficient (Wildman–Crippen LogP) is 6.31. The summed E-state index contributed by atoms with van der Waals surface area (Å²) in [6, 6.07) is 25.8. The van der Waals surface area contributed by atoms with Crippen molar-refractivity contribution in [2.45, 2.75) is 26.8 Å². The molecular formula is C28H26N4O2S. The van der Waals surface area contributed by atoms with Crippen LogP contribution in [0.25, 0.3) is 17.0 Å². The van der Waals surface area contributed by atoms with Gasteiger partial charge in [0.2, 0.25) is 5.82 Å². The van der Waals surface area contributed by atoms with Gasteiger partial charge in [-0.1, -0.05) is 65.3 Å². The van der Waals surface area contributed by atoms with Gasteiger partial charge in [0.05, 0.1) is 18.2 Å². The Morgan fingerprint density at radius 2 is 1.69 bits per heavy atom. The molecule has 176 valence electrons. The minimum atomic E-state index is -0.260. The Hall–Kier alpha value is -3.97. The zero-order valence-corrected chi connectivity index (χ0v) is 20.7. The van der Waals surface area contributed by atoms with Crippen molar-refractivity contribution in [2.75, 3.05) is 11.5 Å². The second-order valence-electron chi connectivity index (χ2n) is 8.34. The van der Waals surface area contributed by atoms with Crippen LogP contribution in [0.1, 0.15) is 36.9 Å². The SMILES string of the molecule is CCOc1ccc(C2NC(=S)N(c3ccc(C)cc3)C(C)=C2c2nc(-c3ccccc3)no2)cc1. The molecule has 1 aliphatic heterocycles. The maximum atomic E-state index is 5.84. The van der Waals surface area contributed by atoms with Gasteiger partial charge in [-0.3, -0.25) is 4.90 Å². The van der Waals surface area contributed by atoms with E-state index in [1.807, 2.05) is 73.3 Å². The normalized spacial score (nSPS) is 15.8. The Balaban J connectivity index is 1.62. The fraction of sp³-hybridized carbons (Fsp3) is 0.179. The summed E-state index contributed by atoms with van der Waals surface area (Å²) < 4.78 is 11.5. The van der Waals surface area contributed by atoms with Gasteiger partial charge in [-0.05, 0) is 62.8 Å². The summed E-state index contributed by atoms with van der Waals surface area (Å²) in [7, 11) is 0. The van der Waals surface area contributed by atoms with Gasteiger partial charge >= 0.3 is 0 Å². The second kappa shape index (κ2) is 9.72. The molecule has 3 aromatic carbocycles. The van der Waals surface area contributed by atoms with Crippen molar-refractivity contribution in [3.63, 3.8) is 0 Å².